The first-order valence-corrected chi connectivity index (χ1v) is 11.6. The predicted molar refractivity (Wildman–Crippen MR) is 93.9 cm³/mol. The molecule has 2 aromatic carbocycles. The summed E-state index contributed by atoms with van der Waals surface area (Å²) in [6, 6.07) is 13.3. The standard InChI is InChI=1S/C15H16NO2P.2ClH.Ti/c1-16-10-11-5-3-4-6-14(11)19-15-9-12(18-2)7-8-13(15)17;;;/h3-10,17,19H,1-2H3;2*1H;/q;;;+2/p-2. The number of methoxy groups -OCH3 is 1. The van der Waals surface area contributed by atoms with Gasteiger partial charge < -0.3 is 9.84 Å². The van der Waals surface area contributed by atoms with Crippen LogP contribution in [0.1, 0.15) is 5.56 Å². The van der Waals surface area contributed by atoms with Gasteiger partial charge in [-0.15, -0.1) is 0 Å². The fraction of sp³-hybridized carbons (Fsp3) is 0.133. The Balaban J connectivity index is 0.000000745. The Morgan fingerprint density at radius 3 is 2.50 bits per heavy atom. The molecule has 0 saturated carbocycles. The second-order valence-electron chi connectivity index (χ2n) is 4.05. The second-order valence-corrected chi connectivity index (χ2v) is 7.96. The van der Waals surface area contributed by atoms with E-state index in [2.05, 4.69) is 4.99 Å². The van der Waals surface area contributed by atoms with Crippen LogP contribution in [0.5, 0.6) is 11.5 Å². The fourth-order valence-electron chi connectivity index (χ4n) is 1.75. The molecule has 2 aromatic rings. The van der Waals surface area contributed by atoms with Gasteiger partial charge in [-0.1, -0.05) is 32.8 Å². The van der Waals surface area contributed by atoms with Crippen molar-refractivity contribution in [2.45, 2.75) is 0 Å². The van der Waals surface area contributed by atoms with Crippen molar-refractivity contribution in [3.63, 3.8) is 0 Å². The van der Waals surface area contributed by atoms with Gasteiger partial charge in [0.2, 0.25) is 0 Å². The van der Waals surface area contributed by atoms with Gasteiger partial charge in [-0.2, -0.15) is 0 Å². The first kappa shape index (κ1) is 19.5. The molecule has 0 aromatic heterocycles. The van der Waals surface area contributed by atoms with Crippen molar-refractivity contribution in [2.24, 2.45) is 4.99 Å². The third-order valence-corrected chi connectivity index (χ3v) is 4.10. The number of aliphatic imine (C=N–C) groups is 1. The molecule has 0 saturated heterocycles. The summed E-state index contributed by atoms with van der Waals surface area (Å²) in [5.74, 6) is 1.05. The molecule has 0 spiro atoms. The minimum atomic E-state index is -0.556. The number of hydrogen-bond donors (Lipinski definition) is 1. The Labute approximate surface area is 149 Å². The molecule has 0 fully saturated rings. The van der Waals surface area contributed by atoms with Crippen molar-refractivity contribution in [1.82, 2.24) is 0 Å². The summed E-state index contributed by atoms with van der Waals surface area (Å²) in [7, 11) is 13.5. The molecule has 0 aliphatic carbocycles. The van der Waals surface area contributed by atoms with Gasteiger partial charge >= 0.3 is 35.6 Å². The van der Waals surface area contributed by atoms with E-state index in [9.17, 15) is 5.11 Å². The van der Waals surface area contributed by atoms with E-state index >= 15 is 0 Å². The van der Waals surface area contributed by atoms with Gasteiger partial charge in [0.25, 0.3) is 0 Å². The Kier molecular flexibility index (Phi) is 9.78. The van der Waals surface area contributed by atoms with E-state index in [1.165, 1.54) is 0 Å². The van der Waals surface area contributed by atoms with Crippen LogP contribution in [0, 0.1) is 0 Å². The van der Waals surface area contributed by atoms with Gasteiger partial charge in [0.05, 0.1) is 7.11 Å². The van der Waals surface area contributed by atoms with Crippen molar-refractivity contribution in [3.05, 3.63) is 48.0 Å². The van der Waals surface area contributed by atoms with E-state index in [1.54, 1.807) is 26.3 Å². The summed E-state index contributed by atoms with van der Waals surface area (Å²) in [6.07, 6.45) is 1.83. The Morgan fingerprint density at radius 1 is 1.18 bits per heavy atom. The summed E-state index contributed by atoms with van der Waals surface area (Å²) in [6.45, 7) is 0. The number of benzene rings is 2. The van der Waals surface area contributed by atoms with Gasteiger partial charge in [0.1, 0.15) is 11.5 Å². The number of aromatic hydroxyl groups is 1. The number of phenols is 1. The van der Waals surface area contributed by atoms with E-state index in [1.807, 2.05) is 36.5 Å². The van der Waals surface area contributed by atoms with E-state index in [0.29, 0.717) is 14.3 Å². The molecule has 2 rings (SSSR count). The van der Waals surface area contributed by atoms with Crippen LogP contribution in [0.4, 0.5) is 0 Å². The number of nitrogens with zero attached hydrogens (tertiary/aromatic N) is 1. The molecule has 0 bridgehead atoms. The van der Waals surface area contributed by atoms with Gasteiger partial charge in [0, 0.05) is 18.6 Å². The second kappa shape index (κ2) is 11.0. The van der Waals surface area contributed by atoms with E-state index in [4.69, 9.17) is 23.3 Å². The van der Waals surface area contributed by atoms with Crippen LogP contribution in [0.2, 0.25) is 0 Å². The number of ether oxygens (including phenoxy) is 1. The monoisotopic (exact) mass is 391 g/mol. The molecule has 0 radical (unpaired) electrons. The zero-order chi connectivity index (χ0) is 16.4. The first-order chi connectivity index (χ1) is 10.7. The Morgan fingerprint density at radius 2 is 1.86 bits per heavy atom. The van der Waals surface area contributed by atoms with E-state index in [-0.39, 0.29) is 0 Å². The molecule has 22 heavy (non-hydrogen) atoms. The van der Waals surface area contributed by atoms with Gasteiger partial charge in [-0.3, -0.25) is 4.99 Å². The molecule has 0 aliphatic rings. The summed E-state index contributed by atoms with van der Waals surface area (Å²) >= 11 is -0.556. The van der Waals surface area contributed by atoms with Crippen molar-refractivity contribution in [3.8, 4) is 11.5 Å². The fourth-order valence-corrected chi connectivity index (χ4v) is 2.94. The van der Waals surface area contributed by atoms with Crippen LogP contribution in [0.25, 0.3) is 0 Å². The summed E-state index contributed by atoms with van der Waals surface area (Å²) in [5, 5.41) is 12.0. The summed E-state index contributed by atoms with van der Waals surface area (Å²) < 4.78 is 5.19. The van der Waals surface area contributed by atoms with Crippen LogP contribution in [0.3, 0.4) is 0 Å². The molecule has 0 aliphatic heterocycles. The Hall–Kier alpha value is -0.566. The summed E-state index contributed by atoms with van der Waals surface area (Å²) in [4.78, 5) is 4.06. The van der Waals surface area contributed by atoms with Crippen LogP contribution in [-0.2, 0) is 17.0 Å². The van der Waals surface area contributed by atoms with Crippen molar-refractivity contribution >= 4 is 44.0 Å². The zero-order valence-electron chi connectivity index (χ0n) is 12.2. The van der Waals surface area contributed by atoms with Gasteiger partial charge in [0.15, 0.2) is 0 Å². The van der Waals surface area contributed by atoms with Crippen molar-refractivity contribution < 1.29 is 26.9 Å². The SMILES string of the molecule is CN=Cc1ccccc1Pc1cc(OC)ccc1O.[Cl][Ti][Cl]. The summed E-state index contributed by atoms with van der Waals surface area (Å²) in [5.41, 5.74) is 1.07. The Bertz CT molecular complexity index is 626. The molecule has 3 nitrogen and oxygen atoms in total. The van der Waals surface area contributed by atoms with Gasteiger partial charge in [-0.25, -0.2) is 0 Å². The molecular formula is C15H16Cl2NO2PTi. The molecular weight excluding hydrogens is 376 g/mol. The molecule has 0 amide bonds. The minimum absolute atomic E-state index is 0.294. The van der Waals surface area contributed by atoms with Crippen molar-refractivity contribution in [2.75, 3.05) is 14.2 Å². The number of halogens is 2. The third kappa shape index (κ3) is 6.28. The van der Waals surface area contributed by atoms with Gasteiger partial charge in [-0.05, 0) is 29.1 Å². The average Bonchev–Trinajstić information content (AvgIpc) is 2.52. The predicted octanol–water partition coefficient (Wildman–Crippen LogP) is 3.46. The van der Waals surface area contributed by atoms with Crippen LogP contribution in [-0.4, -0.2) is 25.5 Å². The van der Waals surface area contributed by atoms with Crippen molar-refractivity contribution in [1.29, 1.82) is 0 Å². The third-order valence-electron chi connectivity index (χ3n) is 2.70. The zero-order valence-corrected chi connectivity index (χ0v) is 16.3. The van der Waals surface area contributed by atoms with E-state index in [0.717, 1.165) is 21.9 Å². The maximum absolute atomic E-state index is 9.93. The van der Waals surface area contributed by atoms with Crippen LogP contribution < -0.4 is 15.3 Å². The molecule has 1 unspecified atom stereocenters. The van der Waals surface area contributed by atoms with Crippen LogP contribution >= 0.6 is 27.2 Å². The average molecular weight is 392 g/mol. The van der Waals surface area contributed by atoms with E-state index < -0.39 is 17.0 Å². The topological polar surface area (TPSA) is 41.8 Å². The quantitative estimate of drug-likeness (QED) is 0.492. The number of hydrogen-bond acceptors (Lipinski definition) is 3. The molecule has 116 valence electrons. The maximum atomic E-state index is 9.93. The molecule has 7 heteroatoms. The first-order valence-electron chi connectivity index (χ1n) is 6.27. The normalized spacial score (nSPS) is 10.5. The molecule has 0 heterocycles. The number of rotatable bonds is 4. The molecule has 1 N–H and O–H groups in total. The number of phenolic OH excluding ortho intramolecular Hbond substituents is 1. The van der Waals surface area contributed by atoms with Crippen LogP contribution in [0.15, 0.2) is 47.5 Å². The molecule has 1 atom stereocenters.